The smallest absolute Gasteiger partial charge is 0.243 e. The van der Waals surface area contributed by atoms with Gasteiger partial charge in [-0.25, -0.2) is 8.42 Å². The van der Waals surface area contributed by atoms with Gasteiger partial charge in [0.25, 0.3) is 0 Å². The maximum Gasteiger partial charge on any atom is 0.243 e. The minimum Gasteiger partial charge on any atom is -0.300 e. The maximum absolute atomic E-state index is 13.0. The molecule has 1 heterocycles. The molecule has 0 unspecified atom stereocenters. The van der Waals surface area contributed by atoms with Crippen LogP contribution in [0, 0.1) is 5.92 Å². The average Bonchev–Trinajstić information content (AvgIpc) is 3.15. The Morgan fingerprint density at radius 1 is 0.880 bits per heavy atom. The predicted octanol–water partition coefficient (Wildman–Crippen LogP) is 3.34. The summed E-state index contributed by atoms with van der Waals surface area (Å²) >= 11 is 0. The van der Waals surface area contributed by atoms with Crippen LogP contribution in [-0.4, -0.2) is 50.3 Å². The zero-order valence-electron chi connectivity index (χ0n) is 14.6. The molecule has 2 fully saturated rings. The van der Waals surface area contributed by atoms with E-state index in [1.807, 2.05) is 30.3 Å². The summed E-state index contributed by atoms with van der Waals surface area (Å²) < 4.78 is 27.6. The molecule has 0 bridgehead atoms. The van der Waals surface area contributed by atoms with Crippen molar-refractivity contribution < 1.29 is 8.42 Å². The zero-order chi connectivity index (χ0) is 17.3. The number of hydrogen-bond donors (Lipinski definition) is 0. The van der Waals surface area contributed by atoms with E-state index in [1.165, 1.54) is 25.7 Å². The fraction of sp³-hybridized carbons (Fsp3) is 0.500. The molecular weight excluding hydrogens is 332 g/mol. The highest BCUT2D eigenvalue weighted by Gasteiger charge is 2.29. The molecule has 2 aromatic carbocycles. The van der Waals surface area contributed by atoms with Gasteiger partial charge in [-0.15, -0.1) is 0 Å². The Morgan fingerprint density at radius 2 is 1.56 bits per heavy atom. The van der Waals surface area contributed by atoms with Crippen molar-refractivity contribution in [1.82, 2.24) is 9.21 Å². The quantitative estimate of drug-likeness (QED) is 0.842. The summed E-state index contributed by atoms with van der Waals surface area (Å²) in [6.45, 7) is 4.04. The fourth-order valence-electron chi connectivity index (χ4n) is 4.19. The molecule has 25 heavy (non-hydrogen) atoms. The van der Waals surface area contributed by atoms with E-state index in [2.05, 4.69) is 4.90 Å². The van der Waals surface area contributed by atoms with Crippen molar-refractivity contribution in [3.05, 3.63) is 42.5 Å². The van der Waals surface area contributed by atoms with Gasteiger partial charge >= 0.3 is 0 Å². The van der Waals surface area contributed by atoms with Gasteiger partial charge in [-0.1, -0.05) is 43.2 Å². The first-order valence-electron chi connectivity index (χ1n) is 9.34. The first-order valence-corrected chi connectivity index (χ1v) is 10.8. The van der Waals surface area contributed by atoms with Gasteiger partial charge in [0, 0.05) is 32.7 Å². The monoisotopic (exact) mass is 358 g/mol. The summed E-state index contributed by atoms with van der Waals surface area (Å²) in [6.07, 6.45) is 5.41. The largest absolute Gasteiger partial charge is 0.300 e. The van der Waals surface area contributed by atoms with Crippen LogP contribution in [0.4, 0.5) is 0 Å². The Balaban J connectivity index is 1.45. The van der Waals surface area contributed by atoms with Crippen molar-refractivity contribution in [1.29, 1.82) is 0 Å². The number of nitrogens with zero attached hydrogens (tertiary/aromatic N) is 2. The van der Waals surface area contributed by atoms with Crippen molar-refractivity contribution in [2.75, 3.05) is 32.7 Å². The van der Waals surface area contributed by atoms with Crippen LogP contribution in [0.3, 0.4) is 0 Å². The Hall–Kier alpha value is -1.43. The lowest BCUT2D eigenvalue weighted by molar-refractivity contribution is 0.165. The molecule has 4 rings (SSSR count). The molecule has 0 atom stereocenters. The molecule has 4 nitrogen and oxygen atoms in total. The first kappa shape index (κ1) is 17.0. The average molecular weight is 359 g/mol. The van der Waals surface area contributed by atoms with Crippen LogP contribution in [0.5, 0.6) is 0 Å². The second-order valence-electron chi connectivity index (χ2n) is 7.36. The van der Waals surface area contributed by atoms with Crippen molar-refractivity contribution >= 4 is 20.8 Å². The summed E-state index contributed by atoms with van der Waals surface area (Å²) in [6, 6.07) is 13.3. The van der Waals surface area contributed by atoms with Gasteiger partial charge in [0.15, 0.2) is 0 Å². The number of rotatable bonds is 4. The highest BCUT2D eigenvalue weighted by atomic mass is 32.2. The number of benzene rings is 2. The summed E-state index contributed by atoms with van der Waals surface area (Å²) in [5.41, 5.74) is 0. The first-order chi connectivity index (χ1) is 12.1. The van der Waals surface area contributed by atoms with E-state index in [0.717, 1.165) is 36.3 Å². The van der Waals surface area contributed by atoms with E-state index in [0.29, 0.717) is 18.0 Å². The van der Waals surface area contributed by atoms with Gasteiger partial charge in [-0.05, 0) is 41.7 Å². The van der Waals surface area contributed by atoms with E-state index >= 15 is 0 Å². The molecule has 1 saturated heterocycles. The van der Waals surface area contributed by atoms with Crippen LogP contribution < -0.4 is 0 Å². The van der Waals surface area contributed by atoms with E-state index in [4.69, 9.17) is 0 Å². The Labute approximate surface area is 150 Å². The number of sulfonamides is 1. The maximum atomic E-state index is 13.0. The van der Waals surface area contributed by atoms with E-state index in [1.54, 1.807) is 16.4 Å². The second-order valence-corrected chi connectivity index (χ2v) is 9.30. The third kappa shape index (κ3) is 3.59. The van der Waals surface area contributed by atoms with Crippen molar-refractivity contribution in [3.8, 4) is 0 Å². The normalized spacial score (nSPS) is 21.1. The Bertz CT molecular complexity index is 836. The number of piperazine rings is 1. The van der Waals surface area contributed by atoms with Crippen LogP contribution >= 0.6 is 0 Å². The third-order valence-corrected chi connectivity index (χ3v) is 7.58. The highest BCUT2D eigenvalue weighted by Crippen LogP contribution is 2.27. The molecule has 5 heteroatoms. The van der Waals surface area contributed by atoms with Crippen molar-refractivity contribution in [3.63, 3.8) is 0 Å². The zero-order valence-corrected chi connectivity index (χ0v) is 15.4. The summed E-state index contributed by atoms with van der Waals surface area (Å²) in [7, 11) is -3.40. The number of hydrogen-bond acceptors (Lipinski definition) is 3. The molecule has 2 aliphatic rings. The number of fused-ring (bicyclic) bond motifs is 1. The standard InChI is InChI=1S/C20H26N2O2S/c23-25(24,20-10-9-18-7-3-4-8-19(18)15-20)22-13-11-21(12-14-22)16-17-5-1-2-6-17/h3-4,7-10,15,17H,1-2,5-6,11-14,16H2. The topological polar surface area (TPSA) is 40.6 Å². The summed E-state index contributed by atoms with van der Waals surface area (Å²) in [4.78, 5) is 2.86. The molecular formula is C20H26N2O2S. The minimum atomic E-state index is -3.40. The molecule has 0 amide bonds. The second kappa shape index (κ2) is 7.06. The lowest BCUT2D eigenvalue weighted by Crippen LogP contribution is -2.49. The molecule has 0 spiro atoms. The Kier molecular flexibility index (Phi) is 4.80. The lowest BCUT2D eigenvalue weighted by atomic mass is 10.1. The molecule has 134 valence electrons. The fourth-order valence-corrected chi connectivity index (χ4v) is 5.65. The van der Waals surface area contributed by atoms with Crippen LogP contribution in [0.25, 0.3) is 10.8 Å². The SMILES string of the molecule is O=S(=O)(c1ccc2ccccc2c1)N1CCN(CC2CCCC2)CC1. The summed E-state index contributed by atoms with van der Waals surface area (Å²) in [5.74, 6) is 0.823. The van der Waals surface area contributed by atoms with Gasteiger partial charge in [0.2, 0.25) is 10.0 Å². The predicted molar refractivity (Wildman–Crippen MR) is 101 cm³/mol. The molecule has 0 radical (unpaired) electrons. The van der Waals surface area contributed by atoms with Crippen molar-refractivity contribution in [2.24, 2.45) is 5.92 Å². The highest BCUT2D eigenvalue weighted by molar-refractivity contribution is 7.89. The van der Waals surface area contributed by atoms with Gasteiger partial charge in [0.05, 0.1) is 4.90 Å². The van der Waals surface area contributed by atoms with Crippen LogP contribution in [0.2, 0.25) is 0 Å². The van der Waals surface area contributed by atoms with Gasteiger partial charge in [-0.3, -0.25) is 0 Å². The van der Waals surface area contributed by atoms with Gasteiger partial charge < -0.3 is 4.90 Å². The Morgan fingerprint density at radius 3 is 2.28 bits per heavy atom. The van der Waals surface area contributed by atoms with Crippen LogP contribution in [0.1, 0.15) is 25.7 Å². The minimum absolute atomic E-state index is 0.412. The van der Waals surface area contributed by atoms with Crippen LogP contribution in [-0.2, 0) is 10.0 Å². The molecule has 1 aliphatic carbocycles. The van der Waals surface area contributed by atoms with Gasteiger partial charge in [-0.2, -0.15) is 4.31 Å². The third-order valence-electron chi connectivity index (χ3n) is 5.68. The van der Waals surface area contributed by atoms with E-state index in [-0.39, 0.29) is 0 Å². The molecule has 2 aromatic rings. The van der Waals surface area contributed by atoms with Crippen LogP contribution in [0.15, 0.2) is 47.4 Å². The van der Waals surface area contributed by atoms with E-state index in [9.17, 15) is 8.42 Å². The molecule has 0 aromatic heterocycles. The summed E-state index contributed by atoms with van der Waals surface area (Å²) in [5, 5.41) is 2.05. The van der Waals surface area contributed by atoms with E-state index < -0.39 is 10.0 Å². The lowest BCUT2D eigenvalue weighted by Gasteiger charge is -2.35. The molecule has 1 saturated carbocycles. The molecule has 1 aliphatic heterocycles. The van der Waals surface area contributed by atoms with Crippen molar-refractivity contribution in [2.45, 2.75) is 30.6 Å². The van der Waals surface area contributed by atoms with Gasteiger partial charge in [0.1, 0.15) is 0 Å². The molecule has 0 N–H and O–H groups in total.